The summed E-state index contributed by atoms with van der Waals surface area (Å²) in [7, 11) is 1.63. The fraction of sp³-hybridized carbons (Fsp3) is 0.120. The van der Waals surface area contributed by atoms with E-state index in [1.807, 2.05) is 79.9 Å². The monoisotopic (exact) mass is 380 g/mol. The third kappa shape index (κ3) is 3.39. The van der Waals surface area contributed by atoms with Crippen molar-refractivity contribution in [1.82, 2.24) is 4.57 Å². The molecule has 1 heterocycles. The van der Waals surface area contributed by atoms with E-state index in [0.717, 1.165) is 33.4 Å². The highest BCUT2D eigenvalue weighted by Crippen LogP contribution is 2.32. The first-order valence-electron chi connectivity index (χ1n) is 9.37. The van der Waals surface area contributed by atoms with Crippen LogP contribution in [0.5, 0.6) is 5.75 Å². The van der Waals surface area contributed by atoms with Crippen molar-refractivity contribution >= 4 is 10.8 Å². The number of aromatic nitrogens is 1. The summed E-state index contributed by atoms with van der Waals surface area (Å²) in [5.74, 6) is 0.788. The zero-order valence-corrected chi connectivity index (χ0v) is 16.3. The van der Waals surface area contributed by atoms with Crippen LogP contribution in [0, 0.1) is 18.3 Å². The van der Waals surface area contributed by atoms with Gasteiger partial charge in [-0.15, -0.1) is 0 Å². The maximum atomic E-state index is 13.2. The highest BCUT2D eigenvalue weighted by atomic mass is 16.5. The molecule has 0 aliphatic rings. The fourth-order valence-electron chi connectivity index (χ4n) is 3.71. The van der Waals surface area contributed by atoms with E-state index in [9.17, 15) is 10.1 Å². The van der Waals surface area contributed by atoms with Gasteiger partial charge in [0.1, 0.15) is 5.75 Å². The molecule has 142 valence electrons. The van der Waals surface area contributed by atoms with E-state index in [-0.39, 0.29) is 5.56 Å². The first kappa shape index (κ1) is 18.5. The van der Waals surface area contributed by atoms with E-state index in [2.05, 4.69) is 6.07 Å². The van der Waals surface area contributed by atoms with E-state index in [4.69, 9.17) is 4.74 Å². The number of pyridine rings is 1. The number of rotatable bonds is 4. The van der Waals surface area contributed by atoms with Gasteiger partial charge in [0.05, 0.1) is 25.3 Å². The van der Waals surface area contributed by atoms with Gasteiger partial charge in [-0.05, 0) is 59.3 Å². The van der Waals surface area contributed by atoms with Crippen LogP contribution in [0.3, 0.4) is 0 Å². The molecule has 0 atom stereocenters. The fourth-order valence-corrected chi connectivity index (χ4v) is 3.71. The average molecular weight is 380 g/mol. The molecule has 0 aliphatic heterocycles. The molecule has 0 saturated heterocycles. The number of hydrogen-bond acceptors (Lipinski definition) is 3. The van der Waals surface area contributed by atoms with E-state index >= 15 is 0 Å². The number of benzene rings is 3. The standard InChI is InChI=1S/C25H20N2O2/c1-17-5-3-6-19(15-26)24(17)22-7-4-8-23-21(22)13-14-27(25(23)28)16-18-9-11-20(29-2)12-10-18/h3-14H,16H2,1-2H3. The molecule has 4 nitrogen and oxygen atoms in total. The normalized spacial score (nSPS) is 10.7. The van der Waals surface area contributed by atoms with Crippen LogP contribution in [-0.2, 0) is 6.54 Å². The number of ether oxygens (including phenoxy) is 1. The molecule has 0 amide bonds. The highest BCUT2D eigenvalue weighted by Gasteiger charge is 2.13. The summed E-state index contributed by atoms with van der Waals surface area (Å²) in [6, 6.07) is 23.3. The van der Waals surface area contributed by atoms with Crippen LogP contribution in [0.15, 0.2) is 77.7 Å². The predicted molar refractivity (Wildman–Crippen MR) is 115 cm³/mol. The number of nitriles is 1. The smallest absolute Gasteiger partial charge is 0.258 e. The summed E-state index contributed by atoms with van der Waals surface area (Å²) in [4.78, 5) is 13.2. The summed E-state index contributed by atoms with van der Waals surface area (Å²) in [6.07, 6.45) is 1.82. The van der Waals surface area contributed by atoms with E-state index in [1.54, 1.807) is 11.7 Å². The molecule has 0 N–H and O–H groups in total. The number of nitrogens with zero attached hydrogens (tertiary/aromatic N) is 2. The van der Waals surface area contributed by atoms with Crippen molar-refractivity contribution in [3.05, 3.63) is 100.0 Å². The molecule has 3 aromatic carbocycles. The second kappa shape index (κ2) is 7.65. The summed E-state index contributed by atoms with van der Waals surface area (Å²) in [5, 5.41) is 11.1. The third-order valence-corrected chi connectivity index (χ3v) is 5.19. The Labute approximate surface area is 169 Å². The molecule has 4 rings (SSSR count). The molecule has 0 bridgehead atoms. The van der Waals surface area contributed by atoms with Gasteiger partial charge in [-0.3, -0.25) is 4.79 Å². The van der Waals surface area contributed by atoms with Gasteiger partial charge in [0.2, 0.25) is 0 Å². The largest absolute Gasteiger partial charge is 0.497 e. The van der Waals surface area contributed by atoms with Crippen molar-refractivity contribution in [2.75, 3.05) is 7.11 Å². The Morgan fingerprint density at radius 2 is 1.72 bits per heavy atom. The van der Waals surface area contributed by atoms with Crippen molar-refractivity contribution in [3.63, 3.8) is 0 Å². The quantitative estimate of drug-likeness (QED) is 0.506. The van der Waals surface area contributed by atoms with Gasteiger partial charge < -0.3 is 9.30 Å². The Hall–Kier alpha value is -3.84. The lowest BCUT2D eigenvalue weighted by atomic mass is 9.92. The summed E-state index contributed by atoms with van der Waals surface area (Å²) >= 11 is 0. The van der Waals surface area contributed by atoms with Crippen LogP contribution in [0.2, 0.25) is 0 Å². The summed E-state index contributed by atoms with van der Waals surface area (Å²) in [6.45, 7) is 2.47. The van der Waals surface area contributed by atoms with Gasteiger partial charge in [0.25, 0.3) is 5.56 Å². The van der Waals surface area contributed by atoms with E-state index < -0.39 is 0 Å². The molecular weight excluding hydrogens is 360 g/mol. The van der Waals surface area contributed by atoms with Crippen molar-refractivity contribution < 1.29 is 4.74 Å². The zero-order chi connectivity index (χ0) is 20.4. The van der Waals surface area contributed by atoms with E-state index in [0.29, 0.717) is 17.5 Å². The van der Waals surface area contributed by atoms with Crippen molar-refractivity contribution in [2.24, 2.45) is 0 Å². The van der Waals surface area contributed by atoms with Crippen molar-refractivity contribution in [3.8, 4) is 22.9 Å². The van der Waals surface area contributed by atoms with Gasteiger partial charge in [-0.25, -0.2) is 0 Å². The van der Waals surface area contributed by atoms with Crippen LogP contribution in [0.1, 0.15) is 16.7 Å². The summed E-state index contributed by atoms with van der Waals surface area (Å²) < 4.78 is 6.90. The number of aryl methyl sites for hydroxylation is 1. The van der Waals surface area contributed by atoms with Gasteiger partial charge in [0.15, 0.2) is 0 Å². The minimum absolute atomic E-state index is 0.0488. The van der Waals surface area contributed by atoms with Crippen LogP contribution in [-0.4, -0.2) is 11.7 Å². The Bertz CT molecular complexity index is 1300. The molecule has 0 saturated carbocycles. The molecule has 29 heavy (non-hydrogen) atoms. The first-order valence-corrected chi connectivity index (χ1v) is 9.37. The predicted octanol–water partition coefficient (Wildman–Crippen LogP) is 4.91. The lowest BCUT2D eigenvalue weighted by Gasteiger charge is -2.13. The molecule has 0 spiro atoms. The molecule has 0 fully saturated rings. The molecule has 0 radical (unpaired) electrons. The van der Waals surface area contributed by atoms with Crippen LogP contribution in [0.4, 0.5) is 0 Å². The summed E-state index contributed by atoms with van der Waals surface area (Å²) in [5.41, 5.74) is 4.39. The second-order valence-electron chi connectivity index (χ2n) is 6.97. The van der Waals surface area contributed by atoms with Crippen molar-refractivity contribution in [1.29, 1.82) is 5.26 Å². The highest BCUT2D eigenvalue weighted by molar-refractivity contribution is 5.98. The van der Waals surface area contributed by atoms with Gasteiger partial charge in [0, 0.05) is 17.1 Å². The van der Waals surface area contributed by atoms with Gasteiger partial charge in [-0.2, -0.15) is 5.26 Å². The second-order valence-corrected chi connectivity index (χ2v) is 6.97. The van der Waals surface area contributed by atoms with Crippen LogP contribution >= 0.6 is 0 Å². The molecular formula is C25H20N2O2. The zero-order valence-electron chi connectivity index (χ0n) is 16.3. The number of hydrogen-bond donors (Lipinski definition) is 0. The van der Waals surface area contributed by atoms with Crippen LogP contribution < -0.4 is 10.3 Å². The maximum Gasteiger partial charge on any atom is 0.258 e. The lowest BCUT2D eigenvalue weighted by Crippen LogP contribution is -2.20. The van der Waals surface area contributed by atoms with Gasteiger partial charge >= 0.3 is 0 Å². The molecule has 0 aliphatic carbocycles. The maximum absolute atomic E-state index is 13.2. The molecule has 0 unspecified atom stereocenters. The van der Waals surface area contributed by atoms with Gasteiger partial charge in [-0.1, -0.05) is 36.4 Å². The Balaban J connectivity index is 1.83. The third-order valence-electron chi connectivity index (χ3n) is 5.19. The number of fused-ring (bicyclic) bond motifs is 1. The average Bonchev–Trinajstić information content (AvgIpc) is 2.76. The number of methoxy groups -OCH3 is 1. The van der Waals surface area contributed by atoms with Crippen molar-refractivity contribution in [2.45, 2.75) is 13.5 Å². The Kier molecular flexibility index (Phi) is 4.88. The lowest BCUT2D eigenvalue weighted by molar-refractivity contribution is 0.414. The molecule has 1 aromatic heterocycles. The Morgan fingerprint density at radius 1 is 0.966 bits per heavy atom. The minimum Gasteiger partial charge on any atom is -0.497 e. The molecule has 4 heteroatoms. The molecule has 4 aromatic rings. The Morgan fingerprint density at radius 3 is 2.45 bits per heavy atom. The topological polar surface area (TPSA) is 55.0 Å². The SMILES string of the molecule is COc1ccc(Cn2ccc3c(-c4c(C)cccc4C#N)cccc3c2=O)cc1. The van der Waals surface area contributed by atoms with E-state index in [1.165, 1.54) is 0 Å². The first-order chi connectivity index (χ1) is 14.1. The minimum atomic E-state index is -0.0488. The van der Waals surface area contributed by atoms with Crippen LogP contribution in [0.25, 0.3) is 21.9 Å².